The largest absolute Gasteiger partial charge is 0.316 e. The average Bonchev–Trinajstić information content (AvgIpc) is 2.38. The minimum atomic E-state index is 0.708. The molecule has 1 heterocycles. The van der Waals surface area contributed by atoms with Crippen LogP contribution in [-0.2, 0) is 0 Å². The summed E-state index contributed by atoms with van der Waals surface area (Å²) in [4.78, 5) is 0. The van der Waals surface area contributed by atoms with Gasteiger partial charge in [-0.15, -0.1) is 0 Å². The van der Waals surface area contributed by atoms with E-state index in [1.807, 2.05) is 0 Å². The number of fused-ring (bicyclic) bond motifs is 1. The maximum absolute atomic E-state index is 3.53. The molecule has 1 aliphatic carbocycles. The van der Waals surface area contributed by atoms with Crippen molar-refractivity contribution in [2.45, 2.75) is 6.42 Å². The number of alkyl halides is 1. The number of hydrogen-bond donors (Lipinski definition) is 1. The molecule has 2 heteroatoms. The highest BCUT2D eigenvalue weighted by Crippen LogP contribution is 2.55. The van der Waals surface area contributed by atoms with E-state index in [-0.39, 0.29) is 0 Å². The van der Waals surface area contributed by atoms with Crippen LogP contribution in [0.15, 0.2) is 0 Å². The van der Waals surface area contributed by atoms with Crippen LogP contribution in [0, 0.1) is 11.3 Å². The maximum atomic E-state index is 3.53. The van der Waals surface area contributed by atoms with Crippen LogP contribution < -0.4 is 5.32 Å². The van der Waals surface area contributed by atoms with E-state index in [9.17, 15) is 0 Å². The van der Waals surface area contributed by atoms with Gasteiger partial charge >= 0.3 is 0 Å². The summed E-state index contributed by atoms with van der Waals surface area (Å²) in [7, 11) is 0. The molecule has 2 aliphatic rings. The van der Waals surface area contributed by atoms with E-state index >= 15 is 0 Å². The standard InChI is InChI=1S/C6H10BrN/c7-3-6-1-5(6)2-8-4-6/h5,8H,1-4H2/t5-,6-/m1/s1. The van der Waals surface area contributed by atoms with E-state index in [4.69, 9.17) is 0 Å². The lowest BCUT2D eigenvalue weighted by molar-refractivity contribution is 0.591. The van der Waals surface area contributed by atoms with Crippen molar-refractivity contribution in [1.82, 2.24) is 5.32 Å². The molecule has 0 aromatic carbocycles. The van der Waals surface area contributed by atoms with E-state index in [1.165, 1.54) is 24.8 Å². The molecule has 0 aromatic rings. The van der Waals surface area contributed by atoms with Crippen molar-refractivity contribution in [1.29, 1.82) is 0 Å². The van der Waals surface area contributed by atoms with Gasteiger partial charge in [-0.3, -0.25) is 0 Å². The van der Waals surface area contributed by atoms with Crippen LogP contribution in [0.5, 0.6) is 0 Å². The summed E-state index contributed by atoms with van der Waals surface area (Å²) in [5.41, 5.74) is 0.708. The molecule has 0 unspecified atom stereocenters. The van der Waals surface area contributed by atoms with E-state index in [2.05, 4.69) is 21.2 Å². The van der Waals surface area contributed by atoms with Gasteiger partial charge in [0.1, 0.15) is 0 Å². The Hall–Kier alpha value is 0.440. The Morgan fingerprint density at radius 2 is 2.62 bits per heavy atom. The number of halogens is 1. The number of nitrogens with one attached hydrogen (secondary N) is 1. The minimum Gasteiger partial charge on any atom is -0.316 e. The van der Waals surface area contributed by atoms with Gasteiger partial charge in [-0.1, -0.05) is 15.9 Å². The lowest BCUT2D eigenvalue weighted by Gasteiger charge is -2.03. The predicted octanol–water partition coefficient (Wildman–Crippen LogP) is 0.991. The Morgan fingerprint density at radius 3 is 2.88 bits per heavy atom. The molecular formula is C6H10BrN. The van der Waals surface area contributed by atoms with Crippen molar-refractivity contribution in [3.8, 4) is 0 Å². The van der Waals surface area contributed by atoms with Crippen LogP contribution in [0.3, 0.4) is 0 Å². The summed E-state index contributed by atoms with van der Waals surface area (Å²) in [5, 5.41) is 4.59. The van der Waals surface area contributed by atoms with Crippen molar-refractivity contribution in [2.75, 3.05) is 18.4 Å². The lowest BCUT2D eigenvalue weighted by atomic mass is 10.1. The molecule has 2 fully saturated rings. The topological polar surface area (TPSA) is 12.0 Å². The molecule has 0 bridgehead atoms. The zero-order valence-corrected chi connectivity index (χ0v) is 6.37. The van der Waals surface area contributed by atoms with Crippen LogP contribution in [0.25, 0.3) is 0 Å². The normalized spacial score (nSPS) is 51.4. The van der Waals surface area contributed by atoms with Gasteiger partial charge in [-0.2, -0.15) is 0 Å². The van der Waals surface area contributed by atoms with Gasteiger partial charge in [-0.25, -0.2) is 0 Å². The SMILES string of the molecule is BrC[C@]12CNC[C@H]1C2. The molecule has 46 valence electrons. The van der Waals surface area contributed by atoms with Crippen LogP contribution in [-0.4, -0.2) is 18.4 Å². The van der Waals surface area contributed by atoms with Crippen molar-refractivity contribution in [2.24, 2.45) is 11.3 Å². The summed E-state index contributed by atoms with van der Waals surface area (Å²) >= 11 is 3.53. The minimum absolute atomic E-state index is 0.708. The van der Waals surface area contributed by atoms with Crippen LogP contribution in [0.4, 0.5) is 0 Å². The molecule has 8 heavy (non-hydrogen) atoms. The van der Waals surface area contributed by atoms with Gasteiger partial charge in [0, 0.05) is 11.9 Å². The van der Waals surface area contributed by atoms with E-state index in [0.29, 0.717) is 5.41 Å². The fourth-order valence-electron chi connectivity index (χ4n) is 1.64. The summed E-state index contributed by atoms with van der Waals surface area (Å²) in [6, 6.07) is 0. The quantitative estimate of drug-likeness (QED) is 0.587. The first-order valence-electron chi connectivity index (χ1n) is 3.14. The van der Waals surface area contributed by atoms with Gasteiger partial charge in [0.05, 0.1) is 0 Å². The summed E-state index contributed by atoms with van der Waals surface area (Å²) in [5.74, 6) is 1.02. The smallest absolute Gasteiger partial charge is 0.0103 e. The number of hydrogen-bond acceptors (Lipinski definition) is 1. The Bertz CT molecular complexity index is 111. The Morgan fingerprint density at radius 1 is 1.75 bits per heavy atom. The third-order valence-corrected chi connectivity index (χ3v) is 3.61. The molecule has 2 atom stereocenters. The Kier molecular flexibility index (Phi) is 0.970. The van der Waals surface area contributed by atoms with Gasteiger partial charge in [0.2, 0.25) is 0 Å². The van der Waals surface area contributed by atoms with Crippen LogP contribution >= 0.6 is 15.9 Å². The molecule has 0 amide bonds. The lowest BCUT2D eigenvalue weighted by Crippen LogP contribution is -2.16. The van der Waals surface area contributed by atoms with E-state index < -0.39 is 0 Å². The predicted molar refractivity (Wildman–Crippen MR) is 37.2 cm³/mol. The Balaban J connectivity index is 2.08. The summed E-state index contributed by atoms with van der Waals surface area (Å²) in [6.07, 6.45) is 1.46. The molecular weight excluding hydrogens is 166 g/mol. The van der Waals surface area contributed by atoms with Crippen molar-refractivity contribution in [3.63, 3.8) is 0 Å². The monoisotopic (exact) mass is 175 g/mol. The second kappa shape index (κ2) is 1.48. The van der Waals surface area contributed by atoms with E-state index in [1.54, 1.807) is 0 Å². The first-order chi connectivity index (χ1) is 3.87. The molecule has 1 N–H and O–H groups in total. The van der Waals surface area contributed by atoms with Gasteiger partial charge in [0.25, 0.3) is 0 Å². The van der Waals surface area contributed by atoms with Gasteiger partial charge in [0.15, 0.2) is 0 Å². The zero-order chi connectivity index (χ0) is 5.61. The first kappa shape index (κ1) is 5.24. The van der Waals surface area contributed by atoms with Gasteiger partial charge < -0.3 is 5.32 Å². The zero-order valence-electron chi connectivity index (χ0n) is 4.78. The van der Waals surface area contributed by atoms with Crippen molar-refractivity contribution >= 4 is 15.9 Å². The molecule has 0 radical (unpaired) electrons. The highest BCUT2D eigenvalue weighted by Gasteiger charge is 2.55. The maximum Gasteiger partial charge on any atom is 0.0103 e. The third kappa shape index (κ3) is 0.504. The molecule has 0 spiro atoms. The fourth-order valence-corrected chi connectivity index (χ4v) is 2.53. The molecule has 1 saturated heterocycles. The highest BCUT2D eigenvalue weighted by atomic mass is 79.9. The average molecular weight is 176 g/mol. The van der Waals surface area contributed by atoms with Crippen LogP contribution in [0.2, 0.25) is 0 Å². The number of rotatable bonds is 1. The van der Waals surface area contributed by atoms with Crippen molar-refractivity contribution in [3.05, 3.63) is 0 Å². The van der Waals surface area contributed by atoms with E-state index in [0.717, 1.165) is 5.92 Å². The fraction of sp³-hybridized carbons (Fsp3) is 1.00. The van der Waals surface area contributed by atoms with Gasteiger partial charge in [-0.05, 0) is 24.3 Å². The Labute approximate surface area is 58.0 Å². The molecule has 1 saturated carbocycles. The van der Waals surface area contributed by atoms with Crippen LogP contribution in [0.1, 0.15) is 6.42 Å². The first-order valence-corrected chi connectivity index (χ1v) is 4.26. The van der Waals surface area contributed by atoms with Crippen molar-refractivity contribution < 1.29 is 0 Å². The highest BCUT2D eigenvalue weighted by molar-refractivity contribution is 9.09. The second-order valence-electron chi connectivity index (χ2n) is 3.03. The molecule has 0 aromatic heterocycles. The number of piperidine rings is 1. The molecule has 1 nitrogen and oxygen atoms in total. The second-order valence-corrected chi connectivity index (χ2v) is 3.59. The molecule has 1 aliphatic heterocycles. The summed E-state index contributed by atoms with van der Waals surface area (Å²) in [6.45, 7) is 2.52. The molecule has 2 rings (SSSR count). The third-order valence-electron chi connectivity index (χ3n) is 2.49. The summed E-state index contributed by atoms with van der Waals surface area (Å²) < 4.78 is 0.